The number of benzene rings is 2. The van der Waals surface area contributed by atoms with Crippen molar-refractivity contribution in [3.8, 4) is 5.88 Å². The number of carbonyl (C=O) groups excluding carboxylic acids is 1. The molecule has 3 aromatic rings. The summed E-state index contributed by atoms with van der Waals surface area (Å²) in [6, 6.07) is 15.2. The first-order valence-electron chi connectivity index (χ1n) is 9.63. The monoisotopic (exact) mass is 383 g/mol. The normalized spacial score (nSPS) is 12.2. The smallest absolute Gasteiger partial charge is 0.214 e. The molecule has 0 aliphatic rings. The van der Waals surface area contributed by atoms with Crippen LogP contribution in [0.2, 0.25) is 0 Å². The number of fused-ring (bicyclic) bond motifs is 1. The van der Waals surface area contributed by atoms with E-state index in [1.807, 2.05) is 99.7 Å². The first kappa shape index (κ1) is 20.3. The average molecular weight is 383 g/mol. The predicted octanol–water partition coefficient (Wildman–Crippen LogP) is 6.32. The Morgan fingerprint density at radius 1 is 1.00 bits per heavy atom. The van der Waals surface area contributed by atoms with Crippen molar-refractivity contribution < 1.29 is 9.53 Å². The third kappa shape index (κ3) is 4.52. The van der Waals surface area contributed by atoms with Crippen LogP contribution in [0.1, 0.15) is 40.9 Å². The number of aromatic nitrogens is 1. The number of nitrogens with zero attached hydrogens (tertiary/aromatic N) is 1. The Balaban J connectivity index is 2.17. The lowest BCUT2D eigenvalue weighted by atomic mass is 9.96. The molecule has 3 heteroatoms. The molecule has 0 saturated carbocycles. The Morgan fingerprint density at radius 2 is 1.79 bits per heavy atom. The molecule has 0 radical (unpaired) electrons. The van der Waals surface area contributed by atoms with Gasteiger partial charge >= 0.3 is 0 Å². The van der Waals surface area contributed by atoms with E-state index < -0.39 is 0 Å². The van der Waals surface area contributed by atoms with Crippen molar-refractivity contribution >= 4 is 22.3 Å². The zero-order chi connectivity index (χ0) is 20.8. The topological polar surface area (TPSA) is 39.2 Å². The lowest BCUT2D eigenvalue weighted by molar-refractivity contribution is 0.103. The molecule has 1 aromatic heterocycles. The van der Waals surface area contributed by atoms with Crippen molar-refractivity contribution in [2.24, 2.45) is 0 Å². The second kappa shape index (κ2) is 9.16. The van der Waals surface area contributed by atoms with Crippen molar-refractivity contribution in [3.63, 3.8) is 0 Å². The summed E-state index contributed by atoms with van der Waals surface area (Å²) in [7, 11) is 1.61. The van der Waals surface area contributed by atoms with Crippen molar-refractivity contribution in [1.82, 2.24) is 4.98 Å². The van der Waals surface area contributed by atoms with Crippen LogP contribution in [0.25, 0.3) is 16.5 Å². The summed E-state index contributed by atoms with van der Waals surface area (Å²) in [5, 5.41) is 0.919. The molecule has 0 bridgehead atoms. The molecule has 0 fully saturated rings. The van der Waals surface area contributed by atoms with E-state index in [0.717, 1.165) is 27.6 Å². The molecule has 29 heavy (non-hydrogen) atoms. The third-order valence-corrected chi connectivity index (χ3v) is 4.74. The highest BCUT2D eigenvalue weighted by atomic mass is 16.5. The molecule has 0 atom stereocenters. The van der Waals surface area contributed by atoms with Gasteiger partial charge in [0.05, 0.1) is 12.6 Å². The van der Waals surface area contributed by atoms with Gasteiger partial charge in [-0.25, -0.2) is 4.98 Å². The zero-order valence-electron chi connectivity index (χ0n) is 17.3. The van der Waals surface area contributed by atoms with Crippen LogP contribution in [0, 0.1) is 6.92 Å². The number of hydrogen-bond donors (Lipinski definition) is 0. The fourth-order valence-electron chi connectivity index (χ4n) is 3.25. The first-order chi connectivity index (χ1) is 14.1. The quantitative estimate of drug-likeness (QED) is 0.369. The molecule has 0 aliphatic carbocycles. The maximum absolute atomic E-state index is 13.0. The molecule has 0 saturated heterocycles. The standard InChI is InChI=1S/C26H25NO2/c1-5-7-8-11-19(6-2)22-17-25(29-4)27-24-14-13-21(16-23(22)24)26(28)20-12-9-10-18(3)15-20/h5-17H,1-4H3/b7-5+,11-8-,19-6+. The van der Waals surface area contributed by atoms with E-state index in [0.29, 0.717) is 17.0 Å². The van der Waals surface area contributed by atoms with Gasteiger partial charge in [-0.1, -0.05) is 54.1 Å². The van der Waals surface area contributed by atoms with Crippen molar-refractivity contribution in [3.05, 3.63) is 101 Å². The second-order valence-electron chi connectivity index (χ2n) is 6.77. The van der Waals surface area contributed by atoms with Gasteiger partial charge in [-0.2, -0.15) is 0 Å². The lowest BCUT2D eigenvalue weighted by Crippen LogP contribution is -2.02. The van der Waals surface area contributed by atoms with E-state index in [9.17, 15) is 4.79 Å². The van der Waals surface area contributed by atoms with Crippen molar-refractivity contribution in [2.45, 2.75) is 20.8 Å². The zero-order valence-corrected chi connectivity index (χ0v) is 17.3. The maximum Gasteiger partial charge on any atom is 0.214 e. The lowest BCUT2D eigenvalue weighted by Gasteiger charge is -2.11. The second-order valence-corrected chi connectivity index (χ2v) is 6.77. The van der Waals surface area contributed by atoms with Gasteiger partial charge in [0.25, 0.3) is 0 Å². The summed E-state index contributed by atoms with van der Waals surface area (Å²) in [4.78, 5) is 17.6. The van der Waals surface area contributed by atoms with Crippen LogP contribution >= 0.6 is 0 Å². The summed E-state index contributed by atoms with van der Waals surface area (Å²) in [5.41, 5.74) is 5.20. The van der Waals surface area contributed by atoms with Crippen LogP contribution < -0.4 is 4.74 Å². The summed E-state index contributed by atoms with van der Waals surface area (Å²) >= 11 is 0. The van der Waals surface area contributed by atoms with Crippen LogP contribution in [-0.2, 0) is 0 Å². The Hall–Kier alpha value is -3.46. The molecule has 2 aromatic carbocycles. The van der Waals surface area contributed by atoms with Crippen LogP contribution in [0.5, 0.6) is 5.88 Å². The number of carbonyl (C=O) groups is 1. The fraction of sp³-hybridized carbons (Fsp3) is 0.154. The minimum absolute atomic E-state index is 0.00357. The molecular weight excluding hydrogens is 358 g/mol. The van der Waals surface area contributed by atoms with Crippen LogP contribution in [0.15, 0.2) is 78.9 Å². The summed E-state index contributed by atoms with van der Waals surface area (Å²) in [6.45, 7) is 5.96. The van der Waals surface area contributed by atoms with Crippen LogP contribution in [0.3, 0.4) is 0 Å². The highest BCUT2D eigenvalue weighted by molar-refractivity contribution is 6.11. The number of pyridine rings is 1. The molecule has 0 spiro atoms. The van der Waals surface area contributed by atoms with Gasteiger partial charge in [-0.05, 0) is 56.2 Å². The number of ether oxygens (including phenoxy) is 1. The van der Waals surface area contributed by atoms with Gasteiger partial charge < -0.3 is 4.74 Å². The maximum atomic E-state index is 13.0. The Kier molecular flexibility index (Phi) is 6.40. The number of hydrogen-bond acceptors (Lipinski definition) is 3. The molecule has 3 nitrogen and oxygen atoms in total. The Labute approximate surface area is 172 Å². The van der Waals surface area contributed by atoms with Crippen molar-refractivity contribution in [1.29, 1.82) is 0 Å². The van der Waals surface area contributed by atoms with Crippen LogP contribution in [-0.4, -0.2) is 17.9 Å². The molecule has 0 unspecified atom stereocenters. The van der Waals surface area contributed by atoms with Gasteiger partial charge in [-0.3, -0.25) is 4.79 Å². The van der Waals surface area contributed by atoms with Gasteiger partial charge in [0.15, 0.2) is 5.78 Å². The molecule has 3 rings (SSSR count). The Bertz CT molecular complexity index is 1140. The number of allylic oxidation sites excluding steroid dienone is 6. The fourth-order valence-corrected chi connectivity index (χ4v) is 3.25. The van der Waals surface area contributed by atoms with Gasteiger partial charge in [0, 0.05) is 22.6 Å². The molecular formula is C26H25NO2. The van der Waals surface area contributed by atoms with E-state index in [4.69, 9.17) is 4.74 Å². The average Bonchev–Trinajstić information content (AvgIpc) is 2.75. The van der Waals surface area contributed by atoms with Gasteiger partial charge in [-0.15, -0.1) is 0 Å². The molecule has 0 N–H and O–H groups in total. The van der Waals surface area contributed by atoms with Crippen molar-refractivity contribution in [2.75, 3.05) is 7.11 Å². The van der Waals surface area contributed by atoms with E-state index in [1.54, 1.807) is 7.11 Å². The third-order valence-electron chi connectivity index (χ3n) is 4.74. The van der Waals surface area contributed by atoms with Gasteiger partial charge in [0.1, 0.15) is 0 Å². The molecule has 0 aliphatic heterocycles. The van der Waals surface area contributed by atoms with Crippen LogP contribution in [0.4, 0.5) is 0 Å². The van der Waals surface area contributed by atoms with E-state index >= 15 is 0 Å². The number of rotatable bonds is 6. The number of methoxy groups -OCH3 is 1. The SMILES string of the molecule is C/C=C/C=C\C(=C/C)c1cc(OC)nc2ccc(C(=O)c3cccc(C)c3)cc12. The minimum Gasteiger partial charge on any atom is -0.481 e. The highest BCUT2D eigenvalue weighted by Crippen LogP contribution is 2.30. The van der Waals surface area contributed by atoms with E-state index in [-0.39, 0.29) is 5.78 Å². The first-order valence-corrected chi connectivity index (χ1v) is 9.63. The van der Waals surface area contributed by atoms with E-state index in [1.165, 1.54) is 0 Å². The molecule has 146 valence electrons. The summed E-state index contributed by atoms with van der Waals surface area (Å²) < 4.78 is 5.40. The molecule has 1 heterocycles. The largest absolute Gasteiger partial charge is 0.481 e. The predicted molar refractivity (Wildman–Crippen MR) is 121 cm³/mol. The number of ketones is 1. The van der Waals surface area contributed by atoms with Gasteiger partial charge in [0.2, 0.25) is 5.88 Å². The Morgan fingerprint density at radius 3 is 2.48 bits per heavy atom. The minimum atomic E-state index is 0.00357. The number of aryl methyl sites for hydroxylation is 1. The molecule has 0 amide bonds. The highest BCUT2D eigenvalue weighted by Gasteiger charge is 2.14. The summed E-state index contributed by atoms with van der Waals surface area (Å²) in [6.07, 6.45) is 10.0. The van der Waals surface area contributed by atoms with E-state index in [2.05, 4.69) is 4.98 Å². The summed E-state index contributed by atoms with van der Waals surface area (Å²) in [5.74, 6) is 0.549.